The Morgan fingerprint density at radius 3 is 2.30 bits per heavy atom. The van der Waals surface area contributed by atoms with Crippen LogP contribution in [0.4, 0.5) is 0 Å². The lowest BCUT2D eigenvalue weighted by Crippen LogP contribution is -2.41. The van der Waals surface area contributed by atoms with Crippen LogP contribution in [0.15, 0.2) is 0 Å². The Hall–Kier alpha value is 0.250. The van der Waals surface area contributed by atoms with E-state index in [-0.39, 0.29) is 12.4 Å². The van der Waals surface area contributed by atoms with Crippen LogP contribution in [0.3, 0.4) is 0 Å². The van der Waals surface area contributed by atoms with Gasteiger partial charge in [-0.15, -0.1) is 12.4 Å². The first-order valence-corrected chi connectivity index (χ1v) is 3.83. The lowest BCUT2D eigenvalue weighted by Gasteiger charge is -2.33. The van der Waals surface area contributed by atoms with Gasteiger partial charge in [-0.2, -0.15) is 0 Å². The molecule has 0 saturated carbocycles. The van der Waals surface area contributed by atoms with Crippen LogP contribution in [-0.4, -0.2) is 12.6 Å². The van der Waals surface area contributed by atoms with Gasteiger partial charge >= 0.3 is 0 Å². The van der Waals surface area contributed by atoms with Gasteiger partial charge in [0.1, 0.15) is 0 Å². The SMILES string of the molecule is CC1CCC(C)(C)CN1.Cl. The molecule has 1 atom stereocenters. The Labute approximate surface area is 70.0 Å². The molecule has 1 nitrogen and oxygen atoms in total. The summed E-state index contributed by atoms with van der Waals surface area (Å²) < 4.78 is 0. The fourth-order valence-corrected chi connectivity index (χ4v) is 1.25. The predicted octanol–water partition coefficient (Wildman–Crippen LogP) is 2.21. The summed E-state index contributed by atoms with van der Waals surface area (Å²) in [5.41, 5.74) is 0.548. The van der Waals surface area contributed by atoms with Crippen LogP contribution in [0.1, 0.15) is 33.6 Å². The summed E-state index contributed by atoms with van der Waals surface area (Å²) in [7, 11) is 0. The first kappa shape index (κ1) is 10.2. The summed E-state index contributed by atoms with van der Waals surface area (Å²) in [6.45, 7) is 8.10. The second-order valence-corrected chi connectivity index (χ2v) is 3.98. The molecule has 62 valence electrons. The minimum absolute atomic E-state index is 0. The summed E-state index contributed by atoms with van der Waals surface area (Å²) in [4.78, 5) is 0. The molecule has 1 saturated heterocycles. The molecule has 0 radical (unpaired) electrons. The van der Waals surface area contributed by atoms with E-state index in [2.05, 4.69) is 26.1 Å². The molecular weight excluding hydrogens is 146 g/mol. The van der Waals surface area contributed by atoms with Crippen LogP contribution >= 0.6 is 12.4 Å². The molecule has 1 aliphatic heterocycles. The third-order valence-electron chi connectivity index (χ3n) is 2.18. The zero-order chi connectivity index (χ0) is 6.91. The zero-order valence-corrected chi connectivity index (χ0v) is 7.92. The fraction of sp³-hybridized carbons (Fsp3) is 1.00. The van der Waals surface area contributed by atoms with Crippen molar-refractivity contribution in [2.45, 2.75) is 39.7 Å². The second-order valence-electron chi connectivity index (χ2n) is 3.98. The van der Waals surface area contributed by atoms with Crippen molar-refractivity contribution in [2.75, 3.05) is 6.54 Å². The summed E-state index contributed by atoms with van der Waals surface area (Å²) >= 11 is 0. The van der Waals surface area contributed by atoms with Gasteiger partial charge in [-0.05, 0) is 25.2 Å². The van der Waals surface area contributed by atoms with Gasteiger partial charge in [-0.1, -0.05) is 13.8 Å². The lowest BCUT2D eigenvalue weighted by atomic mass is 9.83. The number of nitrogens with one attached hydrogen (secondary N) is 1. The largest absolute Gasteiger partial charge is 0.314 e. The highest BCUT2D eigenvalue weighted by Crippen LogP contribution is 2.25. The molecule has 10 heavy (non-hydrogen) atoms. The molecule has 2 heteroatoms. The molecule has 1 aliphatic rings. The first-order valence-electron chi connectivity index (χ1n) is 3.83. The smallest absolute Gasteiger partial charge is 0.00391 e. The van der Waals surface area contributed by atoms with Crippen LogP contribution in [0, 0.1) is 5.41 Å². The summed E-state index contributed by atoms with van der Waals surface area (Å²) in [6.07, 6.45) is 2.72. The Morgan fingerprint density at radius 1 is 1.40 bits per heavy atom. The van der Waals surface area contributed by atoms with E-state index in [0.717, 1.165) is 6.04 Å². The van der Waals surface area contributed by atoms with Crippen molar-refractivity contribution < 1.29 is 0 Å². The van der Waals surface area contributed by atoms with Crippen molar-refractivity contribution in [3.8, 4) is 0 Å². The average molecular weight is 164 g/mol. The van der Waals surface area contributed by atoms with E-state index < -0.39 is 0 Å². The molecule has 0 aromatic rings. The van der Waals surface area contributed by atoms with Gasteiger partial charge in [-0.25, -0.2) is 0 Å². The maximum Gasteiger partial charge on any atom is 0.00391 e. The topological polar surface area (TPSA) is 12.0 Å². The van der Waals surface area contributed by atoms with Crippen LogP contribution in [0.2, 0.25) is 0 Å². The summed E-state index contributed by atoms with van der Waals surface area (Å²) in [6, 6.07) is 0.748. The van der Waals surface area contributed by atoms with E-state index in [1.165, 1.54) is 19.4 Å². The molecule has 1 N–H and O–H groups in total. The number of piperidine rings is 1. The molecule has 1 unspecified atom stereocenters. The van der Waals surface area contributed by atoms with Gasteiger partial charge in [0.25, 0.3) is 0 Å². The summed E-state index contributed by atoms with van der Waals surface area (Å²) in [5, 5.41) is 3.47. The normalized spacial score (nSPS) is 30.9. The third kappa shape index (κ3) is 2.89. The molecule has 1 rings (SSSR count). The molecule has 1 heterocycles. The fourth-order valence-electron chi connectivity index (χ4n) is 1.25. The van der Waals surface area contributed by atoms with Crippen molar-refractivity contribution in [3.63, 3.8) is 0 Å². The van der Waals surface area contributed by atoms with Crippen molar-refractivity contribution in [3.05, 3.63) is 0 Å². The van der Waals surface area contributed by atoms with Crippen LogP contribution in [-0.2, 0) is 0 Å². The minimum atomic E-state index is 0. The number of halogens is 1. The Balaban J connectivity index is 0.000000810. The number of hydrogen-bond donors (Lipinski definition) is 1. The van der Waals surface area contributed by atoms with E-state index in [1.807, 2.05) is 0 Å². The van der Waals surface area contributed by atoms with Gasteiger partial charge < -0.3 is 5.32 Å². The van der Waals surface area contributed by atoms with E-state index in [1.54, 1.807) is 0 Å². The molecule has 0 aromatic heterocycles. The third-order valence-corrected chi connectivity index (χ3v) is 2.18. The quantitative estimate of drug-likeness (QED) is 0.578. The van der Waals surface area contributed by atoms with Crippen LogP contribution < -0.4 is 5.32 Å². The first-order chi connectivity index (χ1) is 4.10. The van der Waals surface area contributed by atoms with Crippen molar-refractivity contribution in [1.29, 1.82) is 0 Å². The van der Waals surface area contributed by atoms with E-state index in [9.17, 15) is 0 Å². The number of hydrogen-bond acceptors (Lipinski definition) is 1. The van der Waals surface area contributed by atoms with E-state index >= 15 is 0 Å². The molecule has 0 spiro atoms. The Kier molecular flexibility index (Phi) is 3.68. The zero-order valence-electron chi connectivity index (χ0n) is 7.11. The van der Waals surface area contributed by atoms with Gasteiger partial charge in [0.15, 0.2) is 0 Å². The second kappa shape index (κ2) is 3.59. The maximum atomic E-state index is 3.47. The molecule has 0 aliphatic carbocycles. The Bertz CT molecular complexity index is 91.4. The average Bonchev–Trinajstić information content (AvgIpc) is 1.78. The Morgan fingerprint density at radius 2 is 2.00 bits per heavy atom. The van der Waals surface area contributed by atoms with Gasteiger partial charge in [0.2, 0.25) is 0 Å². The monoisotopic (exact) mass is 163 g/mol. The molecule has 1 fully saturated rings. The lowest BCUT2D eigenvalue weighted by molar-refractivity contribution is 0.230. The highest BCUT2D eigenvalue weighted by atomic mass is 35.5. The highest BCUT2D eigenvalue weighted by Gasteiger charge is 2.23. The van der Waals surface area contributed by atoms with Crippen LogP contribution in [0.25, 0.3) is 0 Å². The van der Waals surface area contributed by atoms with Crippen molar-refractivity contribution in [2.24, 2.45) is 5.41 Å². The number of rotatable bonds is 0. The maximum absolute atomic E-state index is 3.47. The van der Waals surface area contributed by atoms with E-state index in [0.29, 0.717) is 5.41 Å². The molecule has 0 bridgehead atoms. The molecule has 0 amide bonds. The van der Waals surface area contributed by atoms with Crippen molar-refractivity contribution >= 4 is 12.4 Å². The standard InChI is InChI=1S/C8H17N.ClH/c1-7-4-5-8(2,3)6-9-7;/h7,9H,4-6H2,1-3H3;1H. The van der Waals surface area contributed by atoms with Gasteiger partial charge in [0.05, 0.1) is 0 Å². The van der Waals surface area contributed by atoms with E-state index in [4.69, 9.17) is 0 Å². The molecular formula is C8H18ClN. The summed E-state index contributed by atoms with van der Waals surface area (Å²) in [5.74, 6) is 0. The van der Waals surface area contributed by atoms with Gasteiger partial charge in [-0.3, -0.25) is 0 Å². The highest BCUT2D eigenvalue weighted by molar-refractivity contribution is 5.85. The predicted molar refractivity (Wildman–Crippen MR) is 47.7 cm³/mol. The molecule has 0 aromatic carbocycles. The van der Waals surface area contributed by atoms with Gasteiger partial charge in [0, 0.05) is 12.6 Å². The van der Waals surface area contributed by atoms with Crippen LogP contribution in [0.5, 0.6) is 0 Å². The van der Waals surface area contributed by atoms with Crippen molar-refractivity contribution in [1.82, 2.24) is 5.32 Å². The minimum Gasteiger partial charge on any atom is -0.314 e.